The molecule has 1 saturated carbocycles. The van der Waals surface area contributed by atoms with Crippen LogP contribution in [0.25, 0.3) is 0 Å². The minimum atomic E-state index is 0.0441. The summed E-state index contributed by atoms with van der Waals surface area (Å²) in [5.41, 5.74) is 6.83. The summed E-state index contributed by atoms with van der Waals surface area (Å²) in [6.45, 7) is 0.695. The predicted molar refractivity (Wildman–Crippen MR) is 72.4 cm³/mol. The van der Waals surface area contributed by atoms with Crippen molar-refractivity contribution >= 4 is 22.9 Å². The van der Waals surface area contributed by atoms with Crippen LogP contribution < -0.4 is 5.73 Å². The van der Waals surface area contributed by atoms with Gasteiger partial charge in [0.25, 0.3) is 5.91 Å². The van der Waals surface area contributed by atoms with Gasteiger partial charge >= 0.3 is 0 Å². The zero-order chi connectivity index (χ0) is 12.5. The molecule has 94 valence electrons. The van der Waals surface area contributed by atoms with Crippen LogP contribution in [0.1, 0.15) is 28.2 Å². The molecule has 4 nitrogen and oxygen atoms in total. The number of nitrogens with one attached hydrogen (secondary N) is 1. The molecular formula is C13H15N3OS. The van der Waals surface area contributed by atoms with Crippen molar-refractivity contribution in [1.82, 2.24) is 9.88 Å². The number of H-pyrrole nitrogens is 1. The number of hydrogen-bond acceptors (Lipinski definition) is 3. The zero-order valence-electron chi connectivity index (χ0n) is 9.93. The van der Waals surface area contributed by atoms with Gasteiger partial charge in [0.1, 0.15) is 5.69 Å². The van der Waals surface area contributed by atoms with Gasteiger partial charge in [0.15, 0.2) is 0 Å². The molecule has 5 heteroatoms. The first-order valence-electron chi connectivity index (χ1n) is 6.01. The van der Waals surface area contributed by atoms with E-state index >= 15 is 0 Å². The van der Waals surface area contributed by atoms with Crippen molar-refractivity contribution in [3.05, 3.63) is 40.3 Å². The highest BCUT2D eigenvalue weighted by Crippen LogP contribution is 2.30. The maximum atomic E-state index is 12.4. The van der Waals surface area contributed by atoms with E-state index in [1.807, 2.05) is 16.3 Å². The number of carbonyl (C=O) groups is 1. The standard InChI is InChI=1S/C13H15N3OS/c14-9-6-12(15-7-9)13(17)16(10-3-4-10)8-11-2-1-5-18-11/h1-2,5-7,10,15H,3-4,8,14H2. The second kappa shape index (κ2) is 4.49. The molecule has 3 rings (SSSR count). The van der Waals surface area contributed by atoms with Gasteiger partial charge in [0.2, 0.25) is 0 Å². The number of amides is 1. The normalized spacial score (nSPS) is 14.7. The smallest absolute Gasteiger partial charge is 0.270 e. The highest BCUT2D eigenvalue weighted by Gasteiger charge is 2.33. The Morgan fingerprint density at radius 1 is 1.56 bits per heavy atom. The van der Waals surface area contributed by atoms with Crippen LogP contribution in [0, 0.1) is 0 Å². The second-order valence-electron chi connectivity index (χ2n) is 4.59. The van der Waals surface area contributed by atoms with Gasteiger partial charge in [-0.3, -0.25) is 4.79 Å². The van der Waals surface area contributed by atoms with Crippen LogP contribution >= 0.6 is 11.3 Å². The molecule has 0 saturated heterocycles. The van der Waals surface area contributed by atoms with Crippen molar-refractivity contribution in [2.45, 2.75) is 25.4 Å². The molecule has 0 spiro atoms. The minimum Gasteiger partial charge on any atom is -0.397 e. The number of hydrogen-bond donors (Lipinski definition) is 2. The van der Waals surface area contributed by atoms with E-state index in [2.05, 4.69) is 11.1 Å². The van der Waals surface area contributed by atoms with E-state index in [1.54, 1.807) is 23.6 Å². The quantitative estimate of drug-likeness (QED) is 0.888. The molecule has 3 N–H and O–H groups in total. The Kier molecular flexibility index (Phi) is 2.83. The molecule has 2 heterocycles. The summed E-state index contributed by atoms with van der Waals surface area (Å²) in [5.74, 6) is 0.0441. The summed E-state index contributed by atoms with van der Waals surface area (Å²) in [5, 5.41) is 2.04. The fraction of sp³-hybridized carbons (Fsp3) is 0.308. The van der Waals surface area contributed by atoms with Crippen LogP contribution in [-0.2, 0) is 6.54 Å². The van der Waals surface area contributed by atoms with E-state index in [0.29, 0.717) is 24.0 Å². The van der Waals surface area contributed by atoms with Gasteiger partial charge in [-0.15, -0.1) is 11.3 Å². The average molecular weight is 261 g/mol. The Labute approximate surface area is 109 Å². The molecule has 0 radical (unpaired) electrons. The number of nitrogens with zero attached hydrogens (tertiary/aromatic N) is 1. The van der Waals surface area contributed by atoms with Gasteiger partial charge < -0.3 is 15.6 Å². The fourth-order valence-corrected chi connectivity index (χ4v) is 2.72. The molecule has 1 fully saturated rings. The Balaban J connectivity index is 1.79. The molecule has 18 heavy (non-hydrogen) atoms. The van der Waals surface area contributed by atoms with E-state index in [9.17, 15) is 4.79 Å². The average Bonchev–Trinajstić information content (AvgIpc) is 2.88. The van der Waals surface area contributed by atoms with Gasteiger partial charge in [-0.05, 0) is 30.4 Å². The van der Waals surface area contributed by atoms with Crippen LogP contribution in [-0.4, -0.2) is 21.8 Å². The van der Waals surface area contributed by atoms with E-state index in [0.717, 1.165) is 12.8 Å². The molecule has 0 unspecified atom stereocenters. The summed E-state index contributed by atoms with van der Waals surface area (Å²) in [6, 6.07) is 6.18. The molecule has 2 aromatic heterocycles. The second-order valence-corrected chi connectivity index (χ2v) is 5.62. The van der Waals surface area contributed by atoms with Crippen molar-refractivity contribution in [3.63, 3.8) is 0 Å². The molecule has 2 aromatic rings. The lowest BCUT2D eigenvalue weighted by Gasteiger charge is -2.21. The van der Waals surface area contributed by atoms with Gasteiger partial charge in [-0.2, -0.15) is 0 Å². The van der Waals surface area contributed by atoms with E-state index < -0.39 is 0 Å². The summed E-state index contributed by atoms with van der Waals surface area (Å²) >= 11 is 1.69. The first-order chi connectivity index (χ1) is 8.74. The number of aromatic nitrogens is 1. The number of anilines is 1. The number of rotatable bonds is 4. The summed E-state index contributed by atoms with van der Waals surface area (Å²) in [7, 11) is 0. The van der Waals surface area contributed by atoms with Crippen LogP contribution in [0.4, 0.5) is 5.69 Å². The number of aromatic amines is 1. The number of thiophene rings is 1. The van der Waals surface area contributed by atoms with Crippen LogP contribution in [0.2, 0.25) is 0 Å². The zero-order valence-corrected chi connectivity index (χ0v) is 10.7. The molecule has 0 aromatic carbocycles. The van der Waals surface area contributed by atoms with Crippen molar-refractivity contribution in [1.29, 1.82) is 0 Å². The molecule has 1 aliphatic carbocycles. The lowest BCUT2D eigenvalue weighted by Crippen LogP contribution is -2.32. The Morgan fingerprint density at radius 2 is 2.39 bits per heavy atom. The molecule has 1 amide bonds. The largest absolute Gasteiger partial charge is 0.397 e. The molecular weight excluding hydrogens is 246 g/mol. The fourth-order valence-electron chi connectivity index (χ4n) is 2.01. The molecule has 1 aliphatic rings. The third-order valence-electron chi connectivity index (χ3n) is 3.09. The first-order valence-corrected chi connectivity index (χ1v) is 6.89. The van der Waals surface area contributed by atoms with Gasteiger partial charge in [0, 0.05) is 22.8 Å². The monoisotopic (exact) mass is 261 g/mol. The third-order valence-corrected chi connectivity index (χ3v) is 3.95. The molecule has 0 aliphatic heterocycles. The Hall–Kier alpha value is -1.75. The maximum Gasteiger partial charge on any atom is 0.270 e. The Bertz CT molecular complexity index is 542. The Morgan fingerprint density at radius 3 is 2.94 bits per heavy atom. The van der Waals surface area contributed by atoms with Crippen LogP contribution in [0.15, 0.2) is 29.8 Å². The summed E-state index contributed by atoms with van der Waals surface area (Å²) < 4.78 is 0. The first kappa shape index (κ1) is 11.3. The van der Waals surface area contributed by atoms with Crippen molar-refractivity contribution in [2.75, 3.05) is 5.73 Å². The van der Waals surface area contributed by atoms with Crippen LogP contribution in [0.3, 0.4) is 0 Å². The SMILES string of the molecule is Nc1c[nH]c(C(=O)N(Cc2cccs2)C2CC2)c1. The van der Waals surface area contributed by atoms with Gasteiger partial charge in [-0.1, -0.05) is 6.07 Å². The van der Waals surface area contributed by atoms with Crippen molar-refractivity contribution < 1.29 is 4.79 Å². The number of nitrogens with two attached hydrogens (primary N) is 1. The predicted octanol–water partition coefficient (Wildman–Crippen LogP) is 2.46. The van der Waals surface area contributed by atoms with Crippen molar-refractivity contribution in [2.24, 2.45) is 0 Å². The third kappa shape index (κ3) is 2.26. The lowest BCUT2D eigenvalue weighted by molar-refractivity contribution is 0.0726. The topological polar surface area (TPSA) is 62.1 Å². The van der Waals surface area contributed by atoms with E-state index in [4.69, 9.17) is 5.73 Å². The summed E-state index contributed by atoms with van der Waals surface area (Å²) in [4.78, 5) is 18.5. The van der Waals surface area contributed by atoms with Crippen LogP contribution in [0.5, 0.6) is 0 Å². The highest BCUT2D eigenvalue weighted by molar-refractivity contribution is 7.09. The van der Waals surface area contributed by atoms with E-state index in [1.165, 1.54) is 4.88 Å². The molecule has 0 atom stereocenters. The number of nitrogen functional groups attached to an aromatic ring is 1. The van der Waals surface area contributed by atoms with Crippen molar-refractivity contribution in [3.8, 4) is 0 Å². The maximum absolute atomic E-state index is 12.4. The van der Waals surface area contributed by atoms with E-state index in [-0.39, 0.29) is 5.91 Å². The van der Waals surface area contributed by atoms with Gasteiger partial charge in [0.05, 0.1) is 6.54 Å². The minimum absolute atomic E-state index is 0.0441. The number of carbonyl (C=O) groups excluding carboxylic acids is 1. The van der Waals surface area contributed by atoms with Gasteiger partial charge in [-0.25, -0.2) is 0 Å². The molecule has 0 bridgehead atoms. The lowest BCUT2D eigenvalue weighted by atomic mass is 10.3. The summed E-state index contributed by atoms with van der Waals surface area (Å²) in [6.07, 6.45) is 3.87. The highest BCUT2D eigenvalue weighted by atomic mass is 32.1.